The highest BCUT2D eigenvalue weighted by Gasteiger charge is 2.72. The number of ether oxygens (including phenoxy) is 1. The maximum Gasteiger partial charge on any atom is 0.246 e. The molecule has 3 aliphatic heterocycles. The zero-order valence-corrected chi connectivity index (χ0v) is 22.9. The van der Waals surface area contributed by atoms with Gasteiger partial charge in [0.2, 0.25) is 17.7 Å². The molecule has 2 aromatic carbocycles. The molecule has 2 aromatic rings. The summed E-state index contributed by atoms with van der Waals surface area (Å²) in [4.78, 5) is 43.1. The highest BCUT2D eigenvalue weighted by Crippen LogP contribution is 2.55. The van der Waals surface area contributed by atoms with Gasteiger partial charge in [0.15, 0.2) is 0 Å². The lowest BCUT2D eigenvalue weighted by molar-refractivity contribution is -0.142. The number of fused-ring (bicyclic) bond motifs is 1. The lowest BCUT2D eigenvalue weighted by Crippen LogP contribution is -2.56. The predicted molar refractivity (Wildman–Crippen MR) is 149 cm³/mol. The number of anilines is 1. The van der Waals surface area contributed by atoms with Crippen molar-refractivity contribution in [3.05, 3.63) is 77.6 Å². The van der Waals surface area contributed by atoms with Crippen molar-refractivity contribution < 1.29 is 23.5 Å². The van der Waals surface area contributed by atoms with Crippen LogP contribution in [-0.2, 0) is 25.7 Å². The highest BCUT2D eigenvalue weighted by atomic mass is 19.1. The van der Waals surface area contributed by atoms with Gasteiger partial charge >= 0.3 is 0 Å². The van der Waals surface area contributed by atoms with Crippen LogP contribution in [0.5, 0.6) is 0 Å². The summed E-state index contributed by atoms with van der Waals surface area (Å²) in [5, 5.41) is 6.12. The number of nitrogens with one attached hydrogen (secondary N) is 2. The summed E-state index contributed by atoms with van der Waals surface area (Å²) in [6.07, 6.45) is 7.96. The Morgan fingerprint density at radius 2 is 1.77 bits per heavy atom. The van der Waals surface area contributed by atoms with Crippen LogP contribution >= 0.6 is 0 Å². The zero-order valence-electron chi connectivity index (χ0n) is 22.9. The smallest absolute Gasteiger partial charge is 0.246 e. The fourth-order valence-electron chi connectivity index (χ4n) is 6.95. The molecular formula is C32H36FN3O4. The highest BCUT2D eigenvalue weighted by molar-refractivity contribution is 6.02. The minimum absolute atomic E-state index is 0.0256. The number of nitrogens with zero attached hydrogens (tertiary/aromatic N) is 1. The van der Waals surface area contributed by atoms with Crippen LogP contribution < -0.4 is 10.6 Å². The quantitative estimate of drug-likeness (QED) is 0.495. The normalized spacial score (nSPS) is 29.2. The number of hydrogen-bond donors (Lipinski definition) is 2. The van der Waals surface area contributed by atoms with E-state index in [-0.39, 0.29) is 30.3 Å². The molecule has 5 atom stereocenters. The van der Waals surface area contributed by atoms with E-state index in [2.05, 4.69) is 24.5 Å². The lowest BCUT2D eigenvalue weighted by atomic mass is 9.74. The Kier molecular flexibility index (Phi) is 6.98. The van der Waals surface area contributed by atoms with Gasteiger partial charge < -0.3 is 20.3 Å². The van der Waals surface area contributed by atoms with Gasteiger partial charge in [-0.05, 0) is 42.5 Å². The Morgan fingerprint density at radius 3 is 2.48 bits per heavy atom. The molecule has 0 radical (unpaired) electrons. The summed E-state index contributed by atoms with van der Waals surface area (Å²) >= 11 is 0. The molecule has 210 valence electrons. The standard InChI is InChI=1S/C32H36FN3O4/c1-19(2)20-12-14-23(15-13-20)34-29(37)26-25-16-17-32(40-25)27(26)31(39)36(18-21-8-6-7-11-24(21)33)28(32)30(38)35-22-9-4-3-5-10-22/h6-8,11-17,19,22,25-28H,3-5,9-10,18H2,1-2H3,(H,34,37)(H,35,38)/t25-,26+,27-,28+,32-/m1/s1. The maximum absolute atomic E-state index is 14.7. The Hall–Kier alpha value is -3.52. The molecule has 0 unspecified atom stereocenters. The topological polar surface area (TPSA) is 87.7 Å². The third-order valence-corrected chi connectivity index (χ3v) is 9.02. The van der Waals surface area contributed by atoms with Crippen LogP contribution in [0, 0.1) is 17.7 Å². The van der Waals surface area contributed by atoms with Gasteiger partial charge in [0.25, 0.3) is 0 Å². The van der Waals surface area contributed by atoms with Crippen molar-refractivity contribution in [2.75, 3.05) is 5.32 Å². The molecule has 6 rings (SSSR count). The molecular weight excluding hydrogens is 509 g/mol. The first-order valence-electron chi connectivity index (χ1n) is 14.4. The summed E-state index contributed by atoms with van der Waals surface area (Å²) in [7, 11) is 0. The molecule has 3 amide bonds. The first kappa shape index (κ1) is 26.7. The van der Waals surface area contributed by atoms with E-state index in [4.69, 9.17) is 4.74 Å². The summed E-state index contributed by atoms with van der Waals surface area (Å²) in [5.41, 5.74) is 0.822. The van der Waals surface area contributed by atoms with E-state index in [0.29, 0.717) is 17.2 Å². The number of amides is 3. The van der Waals surface area contributed by atoms with E-state index in [1.807, 2.05) is 24.3 Å². The summed E-state index contributed by atoms with van der Waals surface area (Å²) in [5.74, 6) is -2.78. The average molecular weight is 546 g/mol. The monoisotopic (exact) mass is 545 g/mol. The molecule has 40 heavy (non-hydrogen) atoms. The number of halogens is 1. The molecule has 2 saturated heterocycles. The van der Waals surface area contributed by atoms with Crippen LogP contribution in [0.3, 0.4) is 0 Å². The summed E-state index contributed by atoms with van der Waals surface area (Å²) in [6, 6.07) is 12.9. The van der Waals surface area contributed by atoms with E-state index >= 15 is 0 Å². The number of hydrogen-bond acceptors (Lipinski definition) is 4. The van der Waals surface area contributed by atoms with Crippen LogP contribution in [0.25, 0.3) is 0 Å². The molecule has 4 aliphatic rings. The van der Waals surface area contributed by atoms with E-state index in [0.717, 1.165) is 37.7 Å². The van der Waals surface area contributed by atoms with Crippen LogP contribution in [-0.4, -0.2) is 46.4 Å². The van der Waals surface area contributed by atoms with Gasteiger partial charge in [-0.3, -0.25) is 14.4 Å². The molecule has 3 fully saturated rings. The van der Waals surface area contributed by atoms with Crippen molar-refractivity contribution in [2.45, 2.75) is 82.2 Å². The van der Waals surface area contributed by atoms with Crippen molar-refractivity contribution in [1.82, 2.24) is 10.2 Å². The van der Waals surface area contributed by atoms with Gasteiger partial charge in [-0.2, -0.15) is 0 Å². The Morgan fingerprint density at radius 1 is 1.05 bits per heavy atom. The van der Waals surface area contributed by atoms with Gasteiger partial charge in [0.1, 0.15) is 17.5 Å². The first-order chi connectivity index (χ1) is 19.3. The second-order valence-electron chi connectivity index (χ2n) is 11.9. The van der Waals surface area contributed by atoms with Crippen molar-refractivity contribution in [3.8, 4) is 0 Å². The van der Waals surface area contributed by atoms with Gasteiger partial charge in [0.05, 0.1) is 17.9 Å². The second kappa shape index (κ2) is 10.5. The third-order valence-electron chi connectivity index (χ3n) is 9.02. The zero-order chi connectivity index (χ0) is 28.0. The first-order valence-corrected chi connectivity index (χ1v) is 14.4. The molecule has 8 heteroatoms. The van der Waals surface area contributed by atoms with Crippen molar-refractivity contribution in [1.29, 1.82) is 0 Å². The number of carbonyl (C=O) groups is 3. The number of rotatable bonds is 7. The molecule has 1 saturated carbocycles. The largest absolute Gasteiger partial charge is 0.359 e. The van der Waals surface area contributed by atoms with Gasteiger partial charge in [-0.15, -0.1) is 0 Å². The van der Waals surface area contributed by atoms with Gasteiger partial charge in [-0.1, -0.05) is 75.6 Å². The molecule has 3 heterocycles. The molecule has 1 spiro atoms. The maximum atomic E-state index is 14.7. The number of likely N-dealkylation sites (tertiary alicyclic amines) is 1. The average Bonchev–Trinajstić information content (AvgIpc) is 3.58. The molecule has 2 bridgehead atoms. The SMILES string of the molecule is CC(C)c1ccc(NC(=O)[C@H]2[C@H]3C=C[C@]4(O3)[C@H](C(=O)NC3CCCCC3)N(Cc3ccccc3F)C(=O)[C@@H]24)cc1. The third kappa shape index (κ3) is 4.52. The minimum Gasteiger partial charge on any atom is -0.359 e. The van der Waals surface area contributed by atoms with Crippen LogP contribution in [0.2, 0.25) is 0 Å². The van der Waals surface area contributed by atoms with Crippen molar-refractivity contribution in [2.24, 2.45) is 11.8 Å². The van der Waals surface area contributed by atoms with Gasteiger partial charge in [0, 0.05) is 23.8 Å². The summed E-state index contributed by atoms with van der Waals surface area (Å²) in [6.45, 7) is 4.12. The number of carbonyl (C=O) groups excluding carboxylic acids is 3. The molecule has 7 nitrogen and oxygen atoms in total. The van der Waals surface area contributed by atoms with Crippen LogP contribution in [0.1, 0.15) is 63.0 Å². The second-order valence-corrected chi connectivity index (χ2v) is 11.9. The fraction of sp³-hybridized carbons (Fsp3) is 0.469. The van der Waals surface area contributed by atoms with E-state index in [1.54, 1.807) is 30.4 Å². The van der Waals surface area contributed by atoms with Crippen molar-refractivity contribution in [3.63, 3.8) is 0 Å². The van der Waals surface area contributed by atoms with E-state index < -0.39 is 35.4 Å². The Balaban J connectivity index is 1.31. The van der Waals surface area contributed by atoms with Crippen LogP contribution in [0.4, 0.5) is 10.1 Å². The fourth-order valence-corrected chi connectivity index (χ4v) is 6.95. The molecule has 1 aliphatic carbocycles. The van der Waals surface area contributed by atoms with Crippen molar-refractivity contribution >= 4 is 23.4 Å². The Bertz CT molecular complexity index is 1340. The Labute approximate surface area is 234 Å². The minimum atomic E-state index is -1.28. The van der Waals surface area contributed by atoms with Crippen LogP contribution in [0.15, 0.2) is 60.7 Å². The lowest BCUT2D eigenvalue weighted by Gasteiger charge is -2.34. The van der Waals surface area contributed by atoms with Gasteiger partial charge in [-0.25, -0.2) is 4.39 Å². The summed E-state index contributed by atoms with van der Waals surface area (Å²) < 4.78 is 21.1. The van der Waals surface area contributed by atoms with E-state index in [1.165, 1.54) is 11.0 Å². The number of benzene rings is 2. The predicted octanol–water partition coefficient (Wildman–Crippen LogP) is 4.69. The molecule has 0 aromatic heterocycles. The molecule has 2 N–H and O–H groups in total. The van der Waals surface area contributed by atoms with E-state index in [9.17, 15) is 18.8 Å².